The second-order valence-electron chi connectivity index (χ2n) is 6.54. The highest BCUT2D eigenvalue weighted by atomic mass is 32.1. The van der Waals surface area contributed by atoms with Crippen LogP contribution in [0.4, 0.5) is 5.00 Å². The molecule has 31 heavy (non-hydrogen) atoms. The maximum absolute atomic E-state index is 12.7. The van der Waals surface area contributed by atoms with E-state index in [1.54, 1.807) is 19.1 Å². The van der Waals surface area contributed by atoms with Crippen LogP contribution in [0.3, 0.4) is 0 Å². The predicted octanol–water partition coefficient (Wildman–Crippen LogP) is 5.32. The van der Waals surface area contributed by atoms with Gasteiger partial charge < -0.3 is 19.5 Å². The molecule has 1 aromatic heterocycles. The fourth-order valence-corrected chi connectivity index (χ4v) is 4.21. The lowest BCUT2D eigenvalue weighted by Crippen LogP contribution is -2.21. The van der Waals surface area contributed by atoms with Crippen LogP contribution in [0.25, 0.3) is 11.1 Å². The minimum atomic E-state index is -0.469. The van der Waals surface area contributed by atoms with Gasteiger partial charge in [0.25, 0.3) is 5.91 Å². The van der Waals surface area contributed by atoms with E-state index in [0.29, 0.717) is 28.7 Å². The minimum Gasteiger partial charge on any atom is -0.490 e. The largest absolute Gasteiger partial charge is 0.490 e. The number of carbonyl (C=O) groups excluding carboxylic acids is 2. The van der Waals surface area contributed by atoms with Gasteiger partial charge >= 0.3 is 5.97 Å². The van der Waals surface area contributed by atoms with Gasteiger partial charge in [-0.25, -0.2) is 4.79 Å². The molecule has 0 atom stereocenters. The van der Waals surface area contributed by atoms with E-state index in [1.807, 2.05) is 56.3 Å². The number of anilines is 1. The highest BCUT2D eigenvalue weighted by molar-refractivity contribution is 7.17. The molecule has 7 heteroatoms. The molecule has 0 radical (unpaired) electrons. The summed E-state index contributed by atoms with van der Waals surface area (Å²) in [5, 5.41) is 3.26. The van der Waals surface area contributed by atoms with Crippen molar-refractivity contribution in [1.82, 2.24) is 0 Å². The maximum Gasteiger partial charge on any atom is 0.341 e. The van der Waals surface area contributed by atoms with Crippen molar-refractivity contribution in [3.05, 3.63) is 65.0 Å². The number of ether oxygens (including phenoxy) is 3. The monoisotopic (exact) mass is 439 g/mol. The highest BCUT2D eigenvalue weighted by Crippen LogP contribution is 2.40. The van der Waals surface area contributed by atoms with E-state index < -0.39 is 5.97 Å². The molecule has 0 aliphatic heterocycles. The molecule has 0 saturated heterocycles. The van der Waals surface area contributed by atoms with Crippen LogP contribution in [0.1, 0.15) is 29.1 Å². The van der Waals surface area contributed by atoms with Gasteiger partial charge in [-0.3, -0.25) is 4.79 Å². The quantitative estimate of drug-likeness (QED) is 0.457. The zero-order chi connectivity index (χ0) is 22.2. The van der Waals surface area contributed by atoms with Crippen molar-refractivity contribution >= 4 is 28.2 Å². The second-order valence-corrected chi connectivity index (χ2v) is 7.77. The SMILES string of the molecule is CCOC(=O)c1c(NC(=O)COc2ccccc2OCC)sc(C)c1-c1ccccc1. The molecule has 2 aromatic carbocycles. The number of amides is 1. The van der Waals surface area contributed by atoms with E-state index in [1.165, 1.54) is 11.3 Å². The molecule has 1 N–H and O–H groups in total. The van der Waals surface area contributed by atoms with Crippen LogP contribution in [-0.2, 0) is 9.53 Å². The summed E-state index contributed by atoms with van der Waals surface area (Å²) in [5.74, 6) is 0.210. The van der Waals surface area contributed by atoms with E-state index in [2.05, 4.69) is 5.32 Å². The molecule has 0 aliphatic rings. The summed E-state index contributed by atoms with van der Waals surface area (Å²) in [6.07, 6.45) is 0. The van der Waals surface area contributed by atoms with Gasteiger partial charge in [-0.1, -0.05) is 42.5 Å². The van der Waals surface area contributed by atoms with Crippen molar-refractivity contribution < 1.29 is 23.8 Å². The molecule has 6 nitrogen and oxygen atoms in total. The second kappa shape index (κ2) is 10.6. The Kier molecular flexibility index (Phi) is 7.67. The molecule has 162 valence electrons. The number of thiophene rings is 1. The van der Waals surface area contributed by atoms with Gasteiger partial charge in [0.15, 0.2) is 18.1 Å². The Morgan fingerprint density at radius 1 is 0.903 bits per heavy atom. The first-order valence-electron chi connectivity index (χ1n) is 10.1. The molecule has 0 fully saturated rings. The fourth-order valence-electron chi connectivity index (χ4n) is 3.13. The Hall–Kier alpha value is -3.32. The summed E-state index contributed by atoms with van der Waals surface area (Å²) in [5.41, 5.74) is 2.02. The average Bonchev–Trinajstić information content (AvgIpc) is 3.09. The number of para-hydroxylation sites is 2. The average molecular weight is 440 g/mol. The van der Waals surface area contributed by atoms with Crippen LogP contribution in [0, 0.1) is 6.92 Å². The Morgan fingerprint density at radius 3 is 2.19 bits per heavy atom. The number of hydrogen-bond acceptors (Lipinski definition) is 6. The van der Waals surface area contributed by atoms with Gasteiger partial charge in [0, 0.05) is 10.4 Å². The van der Waals surface area contributed by atoms with Crippen LogP contribution in [0.15, 0.2) is 54.6 Å². The van der Waals surface area contributed by atoms with Crippen molar-refractivity contribution in [2.75, 3.05) is 25.1 Å². The van der Waals surface area contributed by atoms with Crippen molar-refractivity contribution in [3.63, 3.8) is 0 Å². The molecule has 0 spiro atoms. The lowest BCUT2D eigenvalue weighted by atomic mass is 10.0. The molecule has 1 heterocycles. The third kappa shape index (κ3) is 5.44. The van der Waals surface area contributed by atoms with Gasteiger partial charge in [0.1, 0.15) is 10.6 Å². The van der Waals surface area contributed by atoms with Gasteiger partial charge in [0.2, 0.25) is 0 Å². The number of esters is 1. The number of rotatable bonds is 9. The van der Waals surface area contributed by atoms with Crippen LogP contribution >= 0.6 is 11.3 Å². The Balaban J connectivity index is 1.82. The van der Waals surface area contributed by atoms with E-state index in [9.17, 15) is 9.59 Å². The van der Waals surface area contributed by atoms with Gasteiger partial charge in [-0.05, 0) is 38.5 Å². The van der Waals surface area contributed by atoms with Crippen molar-refractivity contribution in [2.45, 2.75) is 20.8 Å². The number of hydrogen-bond donors (Lipinski definition) is 1. The third-order valence-corrected chi connectivity index (χ3v) is 5.41. The Bertz CT molecular complexity index is 1050. The van der Waals surface area contributed by atoms with Crippen molar-refractivity contribution in [1.29, 1.82) is 0 Å². The first kappa shape index (κ1) is 22.4. The molecular weight excluding hydrogens is 414 g/mol. The van der Waals surface area contributed by atoms with Crippen LogP contribution < -0.4 is 14.8 Å². The van der Waals surface area contributed by atoms with Gasteiger partial charge in [-0.2, -0.15) is 0 Å². The smallest absolute Gasteiger partial charge is 0.341 e. The van der Waals surface area contributed by atoms with E-state index in [0.717, 1.165) is 16.0 Å². The van der Waals surface area contributed by atoms with Gasteiger partial charge in [0.05, 0.1) is 13.2 Å². The third-order valence-electron chi connectivity index (χ3n) is 4.39. The zero-order valence-corrected chi connectivity index (χ0v) is 18.6. The zero-order valence-electron chi connectivity index (χ0n) is 17.8. The number of benzene rings is 2. The summed E-state index contributed by atoms with van der Waals surface area (Å²) >= 11 is 1.34. The van der Waals surface area contributed by atoms with Gasteiger partial charge in [-0.15, -0.1) is 11.3 Å². The van der Waals surface area contributed by atoms with Crippen LogP contribution in [0.2, 0.25) is 0 Å². The Morgan fingerprint density at radius 2 is 1.55 bits per heavy atom. The maximum atomic E-state index is 12.7. The molecular formula is C24H25NO5S. The normalized spacial score (nSPS) is 10.4. The molecule has 1 amide bonds. The summed E-state index contributed by atoms with van der Waals surface area (Å²) in [6.45, 7) is 6.06. The number of nitrogens with one attached hydrogen (secondary N) is 1. The van der Waals surface area contributed by atoms with E-state index in [-0.39, 0.29) is 19.1 Å². The number of carbonyl (C=O) groups is 2. The molecule has 3 aromatic rings. The first-order chi connectivity index (χ1) is 15.0. The topological polar surface area (TPSA) is 73.9 Å². The molecule has 3 rings (SSSR count). The van der Waals surface area contributed by atoms with Crippen molar-refractivity contribution in [2.24, 2.45) is 0 Å². The molecule has 0 unspecified atom stereocenters. The lowest BCUT2D eigenvalue weighted by molar-refractivity contribution is -0.118. The molecule has 0 saturated carbocycles. The standard InChI is InChI=1S/C24H25NO5S/c1-4-28-18-13-9-10-14-19(18)30-15-20(26)25-23-22(24(27)29-5-2)21(16(3)31-23)17-11-7-6-8-12-17/h6-14H,4-5,15H2,1-3H3,(H,25,26). The lowest BCUT2D eigenvalue weighted by Gasteiger charge is -2.12. The summed E-state index contributed by atoms with van der Waals surface area (Å²) in [4.78, 5) is 26.3. The minimum absolute atomic E-state index is 0.218. The van der Waals surface area contributed by atoms with Crippen molar-refractivity contribution in [3.8, 4) is 22.6 Å². The predicted molar refractivity (Wildman–Crippen MR) is 122 cm³/mol. The van der Waals surface area contributed by atoms with Crippen LogP contribution in [-0.4, -0.2) is 31.7 Å². The Labute approximate surface area is 185 Å². The highest BCUT2D eigenvalue weighted by Gasteiger charge is 2.25. The van der Waals surface area contributed by atoms with E-state index >= 15 is 0 Å². The molecule has 0 bridgehead atoms. The fraction of sp³-hybridized carbons (Fsp3) is 0.250. The summed E-state index contributed by atoms with van der Waals surface area (Å²) in [7, 11) is 0. The van der Waals surface area contributed by atoms with E-state index in [4.69, 9.17) is 14.2 Å². The first-order valence-corrected chi connectivity index (χ1v) is 10.9. The summed E-state index contributed by atoms with van der Waals surface area (Å²) in [6, 6.07) is 16.7. The number of aryl methyl sites for hydroxylation is 1. The van der Waals surface area contributed by atoms with Crippen LogP contribution in [0.5, 0.6) is 11.5 Å². The summed E-state index contributed by atoms with van der Waals surface area (Å²) < 4.78 is 16.4. The molecule has 0 aliphatic carbocycles.